The first-order valence-electron chi connectivity index (χ1n) is 7.07. The highest BCUT2D eigenvalue weighted by Gasteiger charge is 2.28. The van der Waals surface area contributed by atoms with E-state index in [9.17, 15) is 4.79 Å². The minimum absolute atomic E-state index is 0.273. The summed E-state index contributed by atoms with van der Waals surface area (Å²) in [5, 5.41) is 7.99. The summed E-state index contributed by atoms with van der Waals surface area (Å²) in [4.78, 5) is 12.8. The van der Waals surface area contributed by atoms with Gasteiger partial charge in [-0.1, -0.05) is 28.6 Å². The first-order chi connectivity index (χ1) is 10.7. The van der Waals surface area contributed by atoms with Crippen LogP contribution in [0.1, 0.15) is 35.0 Å². The predicted molar refractivity (Wildman–Crippen MR) is 82.3 cm³/mol. The molecule has 1 amide bonds. The number of hydrogen-bond donors (Lipinski definition) is 1. The van der Waals surface area contributed by atoms with Crippen LogP contribution in [0, 0.1) is 0 Å². The number of aromatic nitrogens is 2. The molecule has 0 atom stereocenters. The molecule has 0 spiro atoms. The fourth-order valence-electron chi connectivity index (χ4n) is 2.30. The second-order valence-electron chi connectivity index (χ2n) is 5.35. The minimum Gasteiger partial charge on any atom is -0.360 e. The van der Waals surface area contributed by atoms with E-state index in [1.807, 2.05) is 35.9 Å². The molecule has 7 heteroatoms. The van der Waals surface area contributed by atoms with E-state index in [0.29, 0.717) is 5.92 Å². The van der Waals surface area contributed by atoms with Crippen LogP contribution in [0.5, 0.6) is 0 Å². The number of carbonyl (C=O) groups excluding carboxylic acids is 1. The molecule has 1 saturated carbocycles. The molecule has 0 radical (unpaired) electrons. The molecule has 22 heavy (non-hydrogen) atoms. The molecule has 112 valence electrons. The number of aryl methyl sites for hydroxylation is 1. The Labute approximate surface area is 130 Å². The highest BCUT2D eigenvalue weighted by atomic mass is 32.1. The SMILES string of the molecule is Cn1c(=NNC(=O)c2cc(C3CC3)on2)sc2ccccc21. The molecule has 0 aliphatic heterocycles. The van der Waals surface area contributed by atoms with Crippen LogP contribution in [0.3, 0.4) is 0 Å². The van der Waals surface area contributed by atoms with Gasteiger partial charge in [-0.3, -0.25) is 4.79 Å². The Bertz CT molecular complexity index is 917. The zero-order valence-corrected chi connectivity index (χ0v) is 12.8. The number of benzene rings is 1. The van der Waals surface area contributed by atoms with E-state index >= 15 is 0 Å². The summed E-state index contributed by atoms with van der Waals surface area (Å²) in [6.45, 7) is 0. The number of thiazole rings is 1. The van der Waals surface area contributed by atoms with Gasteiger partial charge in [-0.25, -0.2) is 5.43 Å². The van der Waals surface area contributed by atoms with Crippen molar-refractivity contribution in [1.29, 1.82) is 0 Å². The van der Waals surface area contributed by atoms with Crippen molar-refractivity contribution in [2.45, 2.75) is 18.8 Å². The molecule has 4 rings (SSSR count). The quantitative estimate of drug-likeness (QED) is 0.754. The molecule has 2 aromatic heterocycles. The smallest absolute Gasteiger partial charge is 0.293 e. The van der Waals surface area contributed by atoms with E-state index in [1.165, 1.54) is 11.3 Å². The Morgan fingerprint density at radius 1 is 1.45 bits per heavy atom. The average Bonchev–Trinajstić information content (AvgIpc) is 3.18. The lowest BCUT2D eigenvalue weighted by Crippen LogP contribution is -2.23. The van der Waals surface area contributed by atoms with Gasteiger partial charge in [0.1, 0.15) is 5.76 Å². The summed E-state index contributed by atoms with van der Waals surface area (Å²) < 4.78 is 8.24. The number of para-hydroxylation sites is 1. The molecular weight excluding hydrogens is 300 g/mol. The zero-order valence-electron chi connectivity index (χ0n) is 11.9. The topological polar surface area (TPSA) is 72.4 Å². The van der Waals surface area contributed by atoms with Crippen molar-refractivity contribution in [2.75, 3.05) is 0 Å². The molecule has 1 fully saturated rings. The third-order valence-corrected chi connectivity index (χ3v) is 4.82. The molecule has 1 N–H and O–H groups in total. The molecule has 2 heterocycles. The van der Waals surface area contributed by atoms with Crippen LogP contribution >= 0.6 is 11.3 Å². The number of carbonyl (C=O) groups is 1. The third kappa shape index (κ3) is 2.33. The first-order valence-corrected chi connectivity index (χ1v) is 7.89. The van der Waals surface area contributed by atoms with Gasteiger partial charge in [0.2, 0.25) is 4.80 Å². The number of hydrogen-bond acceptors (Lipinski definition) is 5. The molecule has 1 aliphatic rings. The molecule has 0 saturated heterocycles. The van der Waals surface area contributed by atoms with Crippen molar-refractivity contribution in [3.05, 3.63) is 46.6 Å². The predicted octanol–water partition coefficient (Wildman–Crippen LogP) is 2.35. The fraction of sp³-hybridized carbons (Fsp3) is 0.267. The minimum atomic E-state index is -0.354. The van der Waals surface area contributed by atoms with Gasteiger partial charge in [-0.05, 0) is 25.0 Å². The van der Waals surface area contributed by atoms with Crippen LogP contribution < -0.4 is 10.2 Å². The van der Waals surface area contributed by atoms with E-state index < -0.39 is 0 Å². The lowest BCUT2D eigenvalue weighted by Gasteiger charge is -1.95. The number of nitrogens with one attached hydrogen (secondary N) is 1. The van der Waals surface area contributed by atoms with Gasteiger partial charge in [0.15, 0.2) is 5.69 Å². The number of amides is 1. The van der Waals surface area contributed by atoms with Crippen molar-refractivity contribution in [2.24, 2.45) is 12.1 Å². The summed E-state index contributed by atoms with van der Waals surface area (Å²) in [7, 11) is 1.92. The van der Waals surface area contributed by atoms with Gasteiger partial charge in [0.05, 0.1) is 10.2 Å². The molecule has 3 aromatic rings. The van der Waals surface area contributed by atoms with Gasteiger partial charge >= 0.3 is 0 Å². The zero-order chi connectivity index (χ0) is 15.1. The molecular formula is C15H14N4O2S. The van der Waals surface area contributed by atoms with Crippen LogP contribution in [0.4, 0.5) is 0 Å². The van der Waals surface area contributed by atoms with Crippen LogP contribution in [0.25, 0.3) is 10.2 Å². The molecule has 1 aliphatic carbocycles. The van der Waals surface area contributed by atoms with E-state index in [0.717, 1.165) is 33.6 Å². The lowest BCUT2D eigenvalue weighted by molar-refractivity contribution is 0.0944. The maximum Gasteiger partial charge on any atom is 0.293 e. The first kappa shape index (κ1) is 13.3. The van der Waals surface area contributed by atoms with Crippen molar-refractivity contribution in [3.8, 4) is 0 Å². The Morgan fingerprint density at radius 2 is 2.27 bits per heavy atom. The Balaban J connectivity index is 1.58. The second-order valence-corrected chi connectivity index (χ2v) is 6.36. The van der Waals surface area contributed by atoms with Gasteiger partial charge in [0, 0.05) is 19.0 Å². The standard InChI is InChI=1S/C15H14N4O2S/c1-19-11-4-2-3-5-13(11)22-15(19)17-16-14(20)10-8-12(21-18-10)9-6-7-9/h2-5,8-9H,6-7H2,1H3,(H,16,20). The maximum atomic E-state index is 12.1. The summed E-state index contributed by atoms with van der Waals surface area (Å²) >= 11 is 1.52. The van der Waals surface area contributed by atoms with Gasteiger partial charge in [-0.15, -0.1) is 5.10 Å². The van der Waals surface area contributed by atoms with Crippen LogP contribution in [-0.2, 0) is 7.05 Å². The fourth-order valence-corrected chi connectivity index (χ4v) is 3.28. The monoisotopic (exact) mass is 314 g/mol. The maximum absolute atomic E-state index is 12.1. The number of fused-ring (bicyclic) bond motifs is 1. The van der Waals surface area contributed by atoms with Gasteiger partial charge in [-0.2, -0.15) is 0 Å². The molecule has 6 nitrogen and oxygen atoms in total. The van der Waals surface area contributed by atoms with Crippen LogP contribution in [-0.4, -0.2) is 15.6 Å². The van der Waals surface area contributed by atoms with E-state index in [-0.39, 0.29) is 11.6 Å². The highest BCUT2D eigenvalue weighted by Crippen LogP contribution is 2.40. The summed E-state index contributed by atoms with van der Waals surface area (Å²) in [5.41, 5.74) is 3.90. The van der Waals surface area contributed by atoms with E-state index in [2.05, 4.69) is 15.7 Å². The second kappa shape index (κ2) is 5.10. The Morgan fingerprint density at radius 3 is 3.05 bits per heavy atom. The van der Waals surface area contributed by atoms with Crippen molar-refractivity contribution in [3.63, 3.8) is 0 Å². The number of rotatable bonds is 3. The lowest BCUT2D eigenvalue weighted by atomic mass is 10.3. The highest BCUT2D eigenvalue weighted by molar-refractivity contribution is 7.16. The Kier molecular flexibility index (Phi) is 3.07. The molecule has 1 aromatic carbocycles. The van der Waals surface area contributed by atoms with Crippen molar-refractivity contribution >= 4 is 27.5 Å². The van der Waals surface area contributed by atoms with Gasteiger partial charge < -0.3 is 9.09 Å². The van der Waals surface area contributed by atoms with E-state index in [4.69, 9.17) is 4.52 Å². The normalized spacial score (nSPS) is 15.4. The Hall–Kier alpha value is -2.41. The molecule has 0 unspecified atom stereocenters. The van der Waals surface area contributed by atoms with Crippen LogP contribution in [0.2, 0.25) is 0 Å². The summed E-state index contributed by atoms with van der Waals surface area (Å²) in [6.07, 6.45) is 2.22. The summed E-state index contributed by atoms with van der Waals surface area (Å²) in [6, 6.07) is 9.71. The summed E-state index contributed by atoms with van der Waals surface area (Å²) in [5.74, 6) is 0.872. The van der Waals surface area contributed by atoms with Crippen molar-refractivity contribution < 1.29 is 9.32 Å². The average molecular weight is 314 g/mol. The number of nitrogens with zero attached hydrogens (tertiary/aromatic N) is 3. The largest absolute Gasteiger partial charge is 0.360 e. The van der Waals surface area contributed by atoms with Crippen LogP contribution in [0.15, 0.2) is 40.0 Å². The van der Waals surface area contributed by atoms with Crippen molar-refractivity contribution in [1.82, 2.24) is 15.1 Å². The molecule has 0 bridgehead atoms. The van der Waals surface area contributed by atoms with Gasteiger partial charge in [0.25, 0.3) is 5.91 Å². The third-order valence-electron chi connectivity index (χ3n) is 3.71. The van der Waals surface area contributed by atoms with E-state index in [1.54, 1.807) is 6.07 Å².